The summed E-state index contributed by atoms with van der Waals surface area (Å²) in [4.78, 5) is 4.47. The van der Waals surface area contributed by atoms with E-state index in [9.17, 15) is 0 Å². The molecule has 0 radical (unpaired) electrons. The van der Waals surface area contributed by atoms with Gasteiger partial charge in [0.05, 0.1) is 18.4 Å². The average Bonchev–Trinajstić information content (AvgIpc) is 2.92. The van der Waals surface area contributed by atoms with E-state index in [1.54, 1.807) is 13.4 Å². The molecule has 2 aromatic rings. The Bertz CT molecular complexity index is 552. The van der Waals surface area contributed by atoms with Gasteiger partial charge in [0.25, 0.3) is 0 Å². The SMILES string of the molecule is COCCNCc1coc(-c2cccc(OC(C)C)c2)n1. The van der Waals surface area contributed by atoms with Crippen molar-refractivity contribution in [3.05, 3.63) is 36.2 Å². The van der Waals surface area contributed by atoms with Crippen molar-refractivity contribution in [2.45, 2.75) is 26.5 Å². The molecule has 2 rings (SSSR count). The Morgan fingerprint density at radius 2 is 2.19 bits per heavy atom. The largest absolute Gasteiger partial charge is 0.491 e. The maximum atomic E-state index is 5.68. The van der Waals surface area contributed by atoms with Gasteiger partial charge in [0.1, 0.15) is 12.0 Å². The van der Waals surface area contributed by atoms with Crippen molar-refractivity contribution in [1.29, 1.82) is 0 Å². The fourth-order valence-corrected chi connectivity index (χ4v) is 1.89. The van der Waals surface area contributed by atoms with Crippen LogP contribution in [0.3, 0.4) is 0 Å². The summed E-state index contributed by atoms with van der Waals surface area (Å²) in [5, 5.41) is 3.23. The summed E-state index contributed by atoms with van der Waals surface area (Å²) in [5.74, 6) is 1.42. The Labute approximate surface area is 125 Å². The molecule has 0 amide bonds. The first-order valence-corrected chi connectivity index (χ1v) is 7.10. The van der Waals surface area contributed by atoms with Crippen LogP contribution in [0.25, 0.3) is 11.5 Å². The molecule has 0 unspecified atom stereocenters. The normalized spacial score (nSPS) is 11.0. The lowest BCUT2D eigenvalue weighted by Crippen LogP contribution is -2.18. The molecule has 5 heteroatoms. The number of aromatic nitrogens is 1. The minimum atomic E-state index is 0.144. The number of benzene rings is 1. The van der Waals surface area contributed by atoms with Crippen molar-refractivity contribution in [3.8, 4) is 17.2 Å². The standard InChI is InChI=1S/C16H22N2O3/c1-12(2)21-15-6-4-5-13(9-15)16-18-14(11-20-16)10-17-7-8-19-3/h4-6,9,11-12,17H,7-8,10H2,1-3H3. The van der Waals surface area contributed by atoms with E-state index in [1.807, 2.05) is 38.1 Å². The van der Waals surface area contributed by atoms with Crippen LogP contribution in [0.2, 0.25) is 0 Å². The van der Waals surface area contributed by atoms with Gasteiger partial charge >= 0.3 is 0 Å². The zero-order chi connectivity index (χ0) is 15.1. The van der Waals surface area contributed by atoms with Crippen LogP contribution in [0.5, 0.6) is 5.75 Å². The third-order valence-corrected chi connectivity index (χ3v) is 2.79. The summed E-state index contributed by atoms with van der Waals surface area (Å²) in [6.45, 7) is 6.13. The number of methoxy groups -OCH3 is 1. The minimum absolute atomic E-state index is 0.144. The number of ether oxygens (including phenoxy) is 2. The number of rotatable bonds is 8. The second-order valence-corrected chi connectivity index (χ2v) is 5.01. The molecule has 0 fully saturated rings. The van der Waals surface area contributed by atoms with Crippen LogP contribution in [0.15, 0.2) is 34.9 Å². The summed E-state index contributed by atoms with van der Waals surface area (Å²) in [5.41, 5.74) is 1.78. The van der Waals surface area contributed by atoms with Gasteiger partial charge in [-0.3, -0.25) is 0 Å². The summed E-state index contributed by atoms with van der Waals surface area (Å²) in [6, 6.07) is 7.77. The van der Waals surface area contributed by atoms with E-state index in [1.165, 1.54) is 0 Å². The number of hydrogen-bond acceptors (Lipinski definition) is 5. The Hall–Kier alpha value is -1.85. The van der Waals surface area contributed by atoms with Gasteiger partial charge in [-0.1, -0.05) is 6.07 Å². The van der Waals surface area contributed by atoms with Crippen LogP contribution in [0.1, 0.15) is 19.5 Å². The predicted octanol–water partition coefficient (Wildman–Crippen LogP) is 2.86. The van der Waals surface area contributed by atoms with Crippen LogP contribution in [0, 0.1) is 0 Å². The fourth-order valence-electron chi connectivity index (χ4n) is 1.89. The molecular formula is C16H22N2O3. The molecule has 1 aromatic heterocycles. The van der Waals surface area contributed by atoms with Gasteiger partial charge in [0.2, 0.25) is 5.89 Å². The van der Waals surface area contributed by atoms with Crippen LogP contribution < -0.4 is 10.1 Å². The summed E-state index contributed by atoms with van der Waals surface area (Å²) in [6.07, 6.45) is 1.82. The van der Waals surface area contributed by atoms with Gasteiger partial charge in [-0.2, -0.15) is 0 Å². The number of oxazole rings is 1. The Balaban J connectivity index is 2.00. The lowest BCUT2D eigenvalue weighted by atomic mass is 10.2. The van der Waals surface area contributed by atoms with Gasteiger partial charge in [-0.05, 0) is 32.0 Å². The van der Waals surface area contributed by atoms with Crippen LogP contribution in [-0.4, -0.2) is 31.3 Å². The molecule has 0 aliphatic carbocycles. The number of nitrogens with zero attached hydrogens (tertiary/aromatic N) is 1. The third kappa shape index (κ3) is 4.88. The van der Waals surface area contributed by atoms with Gasteiger partial charge in [0, 0.05) is 25.8 Å². The van der Waals surface area contributed by atoms with Crippen LogP contribution >= 0.6 is 0 Å². The van der Waals surface area contributed by atoms with E-state index in [4.69, 9.17) is 13.9 Å². The molecule has 21 heavy (non-hydrogen) atoms. The van der Waals surface area contributed by atoms with Gasteiger partial charge < -0.3 is 19.2 Å². The van der Waals surface area contributed by atoms with E-state index in [0.717, 1.165) is 23.6 Å². The fraction of sp³-hybridized carbons (Fsp3) is 0.438. The Morgan fingerprint density at radius 1 is 1.33 bits per heavy atom. The van der Waals surface area contributed by atoms with Gasteiger partial charge in [0.15, 0.2) is 0 Å². The van der Waals surface area contributed by atoms with E-state index >= 15 is 0 Å². The molecule has 0 spiro atoms. The monoisotopic (exact) mass is 290 g/mol. The molecule has 0 atom stereocenters. The smallest absolute Gasteiger partial charge is 0.226 e. The molecular weight excluding hydrogens is 268 g/mol. The van der Waals surface area contributed by atoms with Crippen LogP contribution in [-0.2, 0) is 11.3 Å². The van der Waals surface area contributed by atoms with Crippen molar-refractivity contribution in [2.24, 2.45) is 0 Å². The molecule has 114 valence electrons. The van der Waals surface area contributed by atoms with Crippen molar-refractivity contribution >= 4 is 0 Å². The first-order chi connectivity index (χ1) is 10.2. The van der Waals surface area contributed by atoms with Crippen molar-refractivity contribution in [1.82, 2.24) is 10.3 Å². The highest BCUT2D eigenvalue weighted by Crippen LogP contribution is 2.24. The Morgan fingerprint density at radius 3 is 2.95 bits per heavy atom. The van der Waals surface area contributed by atoms with Gasteiger partial charge in [-0.15, -0.1) is 0 Å². The number of hydrogen-bond donors (Lipinski definition) is 1. The maximum Gasteiger partial charge on any atom is 0.226 e. The number of nitrogens with one attached hydrogen (secondary N) is 1. The maximum absolute atomic E-state index is 5.68. The molecule has 5 nitrogen and oxygen atoms in total. The minimum Gasteiger partial charge on any atom is -0.491 e. The first-order valence-electron chi connectivity index (χ1n) is 7.10. The zero-order valence-electron chi connectivity index (χ0n) is 12.8. The van der Waals surface area contributed by atoms with Crippen molar-refractivity contribution in [2.75, 3.05) is 20.3 Å². The molecule has 0 aliphatic heterocycles. The first kappa shape index (κ1) is 15.5. The topological polar surface area (TPSA) is 56.5 Å². The van der Waals surface area contributed by atoms with E-state index in [2.05, 4.69) is 10.3 Å². The highest BCUT2D eigenvalue weighted by atomic mass is 16.5. The van der Waals surface area contributed by atoms with E-state index in [0.29, 0.717) is 19.0 Å². The summed E-state index contributed by atoms with van der Waals surface area (Å²) in [7, 11) is 1.68. The summed E-state index contributed by atoms with van der Waals surface area (Å²) < 4.78 is 16.2. The van der Waals surface area contributed by atoms with E-state index < -0.39 is 0 Å². The van der Waals surface area contributed by atoms with E-state index in [-0.39, 0.29) is 6.10 Å². The molecule has 0 bridgehead atoms. The zero-order valence-corrected chi connectivity index (χ0v) is 12.8. The Kier molecular flexibility index (Phi) is 5.78. The third-order valence-electron chi connectivity index (χ3n) is 2.79. The lowest BCUT2D eigenvalue weighted by molar-refractivity contribution is 0.199. The second kappa shape index (κ2) is 7.81. The second-order valence-electron chi connectivity index (χ2n) is 5.01. The highest BCUT2D eigenvalue weighted by molar-refractivity contribution is 5.56. The van der Waals surface area contributed by atoms with Crippen molar-refractivity contribution < 1.29 is 13.9 Å². The molecule has 0 saturated heterocycles. The average molecular weight is 290 g/mol. The van der Waals surface area contributed by atoms with Crippen molar-refractivity contribution in [3.63, 3.8) is 0 Å². The molecule has 1 aromatic carbocycles. The molecule has 1 heterocycles. The highest BCUT2D eigenvalue weighted by Gasteiger charge is 2.08. The lowest BCUT2D eigenvalue weighted by Gasteiger charge is -2.09. The predicted molar refractivity (Wildman–Crippen MR) is 81.3 cm³/mol. The molecule has 0 aliphatic rings. The summed E-state index contributed by atoms with van der Waals surface area (Å²) >= 11 is 0. The van der Waals surface area contributed by atoms with Crippen LogP contribution in [0.4, 0.5) is 0 Å². The van der Waals surface area contributed by atoms with Gasteiger partial charge in [-0.25, -0.2) is 4.98 Å². The molecule has 0 saturated carbocycles. The quantitative estimate of drug-likeness (QED) is 0.758. The molecule has 1 N–H and O–H groups in total.